The van der Waals surface area contributed by atoms with Crippen molar-refractivity contribution in [2.24, 2.45) is 11.7 Å². The van der Waals surface area contributed by atoms with Crippen LogP contribution in [0.25, 0.3) is 0 Å². The second kappa shape index (κ2) is 5.25. The van der Waals surface area contributed by atoms with E-state index < -0.39 is 17.4 Å². The van der Waals surface area contributed by atoms with Crippen molar-refractivity contribution in [2.45, 2.75) is 25.3 Å². The van der Waals surface area contributed by atoms with E-state index in [1.165, 1.54) is 0 Å². The van der Waals surface area contributed by atoms with Crippen molar-refractivity contribution in [1.82, 2.24) is 4.90 Å². The smallest absolute Gasteiger partial charge is 0.308 e. The van der Waals surface area contributed by atoms with Gasteiger partial charge < -0.3 is 15.7 Å². The predicted octanol–water partition coefficient (Wildman–Crippen LogP) is 1.05. The molecule has 2 atom stereocenters. The van der Waals surface area contributed by atoms with Gasteiger partial charge in [0.25, 0.3) is 0 Å². The Balaban J connectivity index is 2.25. The largest absolute Gasteiger partial charge is 0.481 e. The number of rotatable bonds is 3. The van der Waals surface area contributed by atoms with Crippen LogP contribution < -0.4 is 5.73 Å². The highest BCUT2D eigenvalue weighted by atomic mass is 16.4. The summed E-state index contributed by atoms with van der Waals surface area (Å²) in [6, 6.07) is 9.46. The summed E-state index contributed by atoms with van der Waals surface area (Å²) in [5.74, 6) is -1.84. The van der Waals surface area contributed by atoms with E-state index in [1.807, 2.05) is 30.3 Å². The number of carbonyl (C=O) groups excluding carboxylic acids is 1. The van der Waals surface area contributed by atoms with Crippen LogP contribution in [-0.2, 0) is 9.59 Å². The summed E-state index contributed by atoms with van der Waals surface area (Å²) in [4.78, 5) is 25.2. The molecule has 5 nitrogen and oxygen atoms in total. The number of hydrogen-bond donors (Lipinski definition) is 2. The van der Waals surface area contributed by atoms with Crippen molar-refractivity contribution >= 4 is 11.9 Å². The molecule has 0 unspecified atom stereocenters. The first-order valence-corrected chi connectivity index (χ1v) is 6.66. The monoisotopic (exact) mass is 276 g/mol. The van der Waals surface area contributed by atoms with Crippen molar-refractivity contribution in [3.63, 3.8) is 0 Å². The van der Waals surface area contributed by atoms with Crippen LogP contribution in [0.5, 0.6) is 0 Å². The molecular weight excluding hydrogens is 256 g/mol. The van der Waals surface area contributed by atoms with E-state index in [-0.39, 0.29) is 18.4 Å². The van der Waals surface area contributed by atoms with Crippen LogP contribution in [0.2, 0.25) is 0 Å². The number of benzene rings is 1. The fraction of sp³-hybridized carbons (Fsp3) is 0.467. The second-order valence-corrected chi connectivity index (χ2v) is 5.89. The third-order valence-electron chi connectivity index (χ3n) is 3.70. The maximum atomic E-state index is 12.2. The molecule has 1 aliphatic heterocycles. The Morgan fingerprint density at radius 1 is 1.25 bits per heavy atom. The zero-order chi connectivity index (χ0) is 14.9. The lowest BCUT2D eigenvalue weighted by atomic mass is 9.89. The molecule has 1 aromatic rings. The lowest BCUT2D eigenvalue weighted by Crippen LogP contribution is -2.50. The fourth-order valence-corrected chi connectivity index (χ4v) is 2.67. The van der Waals surface area contributed by atoms with E-state index in [0.717, 1.165) is 5.56 Å². The Morgan fingerprint density at radius 2 is 1.85 bits per heavy atom. The molecule has 0 aromatic heterocycles. The summed E-state index contributed by atoms with van der Waals surface area (Å²) in [6.45, 7) is 3.90. The Labute approximate surface area is 118 Å². The van der Waals surface area contributed by atoms with E-state index in [4.69, 9.17) is 5.73 Å². The molecule has 5 heteroatoms. The number of amides is 1. The predicted molar refractivity (Wildman–Crippen MR) is 75.2 cm³/mol. The van der Waals surface area contributed by atoms with Gasteiger partial charge in [-0.15, -0.1) is 0 Å². The molecule has 1 fully saturated rings. The Morgan fingerprint density at radius 3 is 2.35 bits per heavy atom. The van der Waals surface area contributed by atoms with Gasteiger partial charge in [-0.1, -0.05) is 30.3 Å². The van der Waals surface area contributed by atoms with E-state index in [0.29, 0.717) is 6.54 Å². The molecule has 0 radical (unpaired) electrons. The molecule has 20 heavy (non-hydrogen) atoms. The summed E-state index contributed by atoms with van der Waals surface area (Å²) >= 11 is 0. The normalized spacial score (nSPS) is 22.9. The van der Waals surface area contributed by atoms with E-state index >= 15 is 0 Å². The number of nitrogens with zero attached hydrogens (tertiary/aromatic N) is 1. The van der Waals surface area contributed by atoms with Gasteiger partial charge in [0, 0.05) is 19.0 Å². The van der Waals surface area contributed by atoms with Crippen molar-refractivity contribution < 1.29 is 14.7 Å². The Hall–Kier alpha value is -1.88. The molecule has 1 aromatic carbocycles. The molecule has 2 rings (SSSR count). The maximum absolute atomic E-state index is 12.2. The van der Waals surface area contributed by atoms with Gasteiger partial charge in [0.1, 0.15) is 0 Å². The summed E-state index contributed by atoms with van der Waals surface area (Å²) in [6.07, 6.45) is 0. The highest BCUT2D eigenvalue weighted by Crippen LogP contribution is 2.33. The third-order valence-corrected chi connectivity index (χ3v) is 3.70. The van der Waals surface area contributed by atoms with Crippen LogP contribution in [0.1, 0.15) is 25.3 Å². The van der Waals surface area contributed by atoms with Crippen molar-refractivity contribution in [2.75, 3.05) is 13.1 Å². The van der Waals surface area contributed by atoms with Crippen molar-refractivity contribution in [3.8, 4) is 0 Å². The van der Waals surface area contributed by atoms with Gasteiger partial charge in [-0.3, -0.25) is 9.59 Å². The molecule has 1 saturated heterocycles. The molecule has 0 bridgehead atoms. The molecule has 1 amide bonds. The molecule has 108 valence electrons. The molecule has 1 aliphatic rings. The average Bonchev–Trinajstić information content (AvgIpc) is 2.82. The maximum Gasteiger partial charge on any atom is 0.308 e. The quantitative estimate of drug-likeness (QED) is 0.864. The number of hydrogen-bond acceptors (Lipinski definition) is 3. The number of carboxylic acids is 1. The van der Waals surface area contributed by atoms with Crippen LogP contribution >= 0.6 is 0 Å². The summed E-state index contributed by atoms with van der Waals surface area (Å²) in [5, 5.41) is 9.38. The van der Waals surface area contributed by atoms with E-state index in [1.54, 1.807) is 18.7 Å². The highest BCUT2D eigenvalue weighted by molar-refractivity contribution is 5.86. The van der Waals surface area contributed by atoms with Crippen LogP contribution in [-0.4, -0.2) is 40.5 Å². The third kappa shape index (κ3) is 2.82. The van der Waals surface area contributed by atoms with Gasteiger partial charge in [0.05, 0.1) is 11.5 Å². The highest BCUT2D eigenvalue weighted by Gasteiger charge is 2.42. The number of aliphatic carboxylic acids is 1. The first-order valence-electron chi connectivity index (χ1n) is 6.66. The molecule has 0 aliphatic carbocycles. The minimum Gasteiger partial charge on any atom is -0.481 e. The lowest BCUT2D eigenvalue weighted by molar-refractivity contribution is -0.142. The van der Waals surface area contributed by atoms with Crippen LogP contribution in [0.4, 0.5) is 0 Å². The van der Waals surface area contributed by atoms with Crippen LogP contribution in [0.15, 0.2) is 30.3 Å². The SMILES string of the molecule is CC(C)(N)C(=O)N1C[C@@H](C(=O)O)[C@H](c2ccccc2)C1. The number of nitrogens with two attached hydrogens (primary N) is 1. The van der Waals surface area contributed by atoms with Crippen molar-refractivity contribution in [1.29, 1.82) is 0 Å². The first kappa shape index (κ1) is 14.5. The minimum absolute atomic E-state index is 0.181. The van der Waals surface area contributed by atoms with Crippen LogP contribution in [0, 0.1) is 5.92 Å². The van der Waals surface area contributed by atoms with Gasteiger partial charge in [-0.05, 0) is 19.4 Å². The lowest BCUT2D eigenvalue weighted by Gasteiger charge is -2.25. The summed E-state index contributed by atoms with van der Waals surface area (Å²) in [7, 11) is 0. The molecule has 0 saturated carbocycles. The second-order valence-electron chi connectivity index (χ2n) is 5.89. The van der Waals surface area contributed by atoms with Gasteiger partial charge in [-0.2, -0.15) is 0 Å². The Kier molecular flexibility index (Phi) is 3.81. The zero-order valence-corrected chi connectivity index (χ0v) is 11.7. The van der Waals surface area contributed by atoms with Crippen LogP contribution in [0.3, 0.4) is 0 Å². The average molecular weight is 276 g/mol. The summed E-state index contributed by atoms with van der Waals surface area (Å²) in [5.41, 5.74) is 5.80. The zero-order valence-electron chi connectivity index (χ0n) is 11.7. The van der Waals surface area contributed by atoms with E-state index in [2.05, 4.69) is 0 Å². The summed E-state index contributed by atoms with van der Waals surface area (Å²) < 4.78 is 0. The topological polar surface area (TPSA) is 83.6 Å². The van der Waals surface area contributed by atoms with Crippen molar-refractivity contribution in [3.05, 3.63) is 35.9 Å². The standard InChI is InChI=1S/C15H20N2O3/c1-15(2,16)14(20)17-8-11(12(9-17)13(18)19)10-6-4-3-5-7-10/h3-7,11-12H,8-9,16H2,1-2H3,(H,18,19)/t11-,12+/m0/s1. The Bertz CT molecular complexity index is 508. The number of carboxylic acid groups (broad SMARTS) is 1. The van der Waals surface area contributed by atoms with Gasteiger partial charge in [0.2, 0.25) is 5.91 Å². The molecule has 3 N–H and O–H groups in total. The molecule has 0 spiro atoms. The number of likely N-dealkylation sites (tertiary alicyclic amines) is 1. The first-order chi connectivity index (χ1) is 9.30. The molecule has 1 heterocycles. The fourth-order valence-electron chi connectivity index (χ4n) is 2.67. The van der Waals surface area contributed by atoms with Gasteiger partial charge in [0.15, 0.2) is 0 Å². The van der Waals surface area contributed by atoms with Gasteiger partial charge >= 0.3 is 5.97 Å². The minimum atomic E-state index is -0.978. The van der Waals surface area contributed by atoms with Gasteiger partial charge in [-0.25, -0.2) is 0 Å². The number of carbonyl (C=O) groups is 2. The molecular formula is C15H20N2O3. The van der Waals surface area contributed by atoms with E-state index in [9.17, 15) is 14.7 Å².